The Morgan fingerprint density at radius 3 is 3.00 bits per heavy atom. The van der Waals surface area contributed by atoms with Crippen LogP contribution in [0.4, 0.5) is 0 Å². The Morgan fingerprint density at radius 1 is 1.20 bits per heavy atom. The van der Waals surface area contributed by atoms with Crippen molar-refractivity contribution in [2.24, 2.45) is 5.92 Å². The lowest BCUT2D eigenvalue weighted by Gasteiger charge is -2.37. The molecule has 3 nitrogen and oxygen atoms in total. The van der Waals surface area contributed by atoms with E-state index in [0.29, 0.717) is 6.61 Å². The zero-order chi connectivity index (χ0) is 10.5. The summed E-state index contributed by atoms with van der Waals surface area (Å²) < 4.78 is 0. The number of rotatable bonds is 5. The molecule has 2 saturated heterocycles. The monoisotopic (exact) mass is 212 g/mol. The van der Waals surface area contributed by atoms with Gasteiger partial charge in [0, 0.05) is 19.2 Å². The second-order valence-electron chi connectivity index (χ2n) is 4.95. The van der Waals surface area contributed by atoms with Crippen LogP contribution in [0.1, 0.15) is 32.1 Å². The Kier molecular flexibility index (Phi) is 4.42. The van der Waals surface area contributed by atoms with Gasteiger partial charge in [-0.25, -0.2) is 0 Å². The molecule has 2 heterocycles. The van der Waals surface area contributed by atoms with E-state index in [1.165, 1.54) is 51.9 Å². The lowest BCUT2D eigenvalue weighted by Crippen LogP contribution is -2.45. The van der Waals surface area contributed by atoms with E-state index in [0.717, 1.165) is 18.4 Å². The van der Waals surface area contributed by atoms with Gasteiger partial charge < -0.3 is 10.4 Å². The van der Waals surface area contributed by atoms with Crippen molar-refractivity contribution in [3.8, 4) is 0 Å². The highest BCUT2D eigenvalue weighted by Gasteiger charge is 2.34. The molecule has 0 aromatic heterocycles. The van der Waals surface area contributed by atoms with Crippen LogP contribution in [0.25, 0.3) is 0 Å². The van der Waals surface area contributed by atoms with Crippen LogP contribution in [-0.4, -0.2) is 48.8 Å². The first kappa shape index (κ1) is 11.4. The number of aliphatic hydroxyl groups excluding tert-OH is 1. The average Bonchev–Trinajstić information content (AvgIpc) is 2.73. The first-order valence-electron chi connectivity index (χ1n) is 6.47. The summed E-state index contributed by atoms with van der Waals surface area (Å²) in [6, 6.07) is 0.813. The number of fused-ring (bicyclic) bond motifs is 1. The molecule has 2 aliphatic rings. The fourth-order valence-electron chi connectivity index (χ4n) is 3.04. The Hall–Kier alpha value is -0.120. The summed E-state index contributed by atoms with van der Waals surface area (Å²) >= 11 is 0. The minimum Gasteiger partial charge on any atom is -0.396 e. The van der Waals surface area contributed by atoms with E-state index in [1.807, 2.05) is 0 Å². The van der Waals surface area contributed by atoms with E-state index < -0.39 is 0 Å². The number of likely N-dealkylation sites (tertiary alicyclic amines) is 1. The smallest absolute Gasteiger partial charge is 0.0431 e. The molecule has 3 heteroatoms. The minimum absolute atomic E-state index is 0.355. The average molecular weight is 212 g/mol. The third-order valence-electron chi connectivity index (χ3n) is 3.90. The number of unbranched alkanes of at least 4 members (excludes halogenated alkanes) is 2. The number of hydrogen-bond acceptors (Lipinski definition) is 3. The topological polar surface area (TPSA) is 35.5 Å². The van der Waals surface area contributed by atoms with Crippen molar-refractivity contribution in [1.29, 1.82) is 0 Å². The van der Waals surface area contributed by atoms with Crippen LogP contribution >= 0.6 is 0 Å². The molecular formula is C12H24N2O. The maximum Gasteiger partial charge on any atom is 0.0431 e. The quantitative estimate of drug-likeness (QED) is 0.663. The van der Waals surface area contributed by atoms with E-state index in [9.17, 15) is 0 Å². The van der Waals surface area contributed by atoms with Gasteiger partial charge in [-0.2, -0.15) is 0 Å². The van der Waals surface area contributed by atoms with E-state index in [2.05, 4.69) is 10.2 Å². The third kappa shape index (κ3) is 2.92. The fraction of sp³-hybridized carbons (Fsp3) is 1.00. The first-order valence-corrected chi connectivity index (χ1v) is 6.47. The summed E-state index contributed by atoms with van der Waals surface area (Å²) in [6.45, 7) is 5.32. The highest BCUT2D eigenvalue weighted by Crippen LogP contribution is 2.26. The molecule has 15 heavy (non-hydrogen) atoms. The summed E-state index contributed by atoms with van der Waals surface area (Å²) in [6.07, 6.45) is 6.20. The molecular weight excluding hydrogens is 188 g/mol. The molecule has 0 bridgehead atoms. The number of aliphatic hydroxyl groups is 1. The molecule has 2 aliphatic heterocycles. The summed E-state index contributed by atoms with van der Waals surface area (Å²) in [5.41, 5.74) is 0. The Balaban J connectivity index is 1.71. The van der Waals surface area contributed by atoms with Crippen LogP contribution < -0.4 is 5.32 Å². The van der Waals surface area contributed by atoms with Crippen molar-refractivity contribution in [1.82, 2.24) is 10.2 Å². The lowest BCUT2D eigenvalue weighted by atomic mass is 9.92. The summed E-state index contributed by atoms with van der Waals surface area (Å²) in [5.74, 6) is 0.914. The zero-order valence-corrected chi connectivity index (χ0v) is 9.62. The molecule has 0 spiro atoms. The molecule has 0 amide bonds. The molecule has 88 valence electrons. The first-order chi connectivity index (χ1) is 7.42. The molecule has 2 N–H and O–H groups in total. The van der Waals surface area contributed by atoms with E-state index >= 15 is 0 Å². The predicted octanol–water partition coefficient (Wildman–Crippen LogP) is 0.833. The van der Waals surface area contributed by atoms with Gasteiger partial charge in [0.2, 0.25) is 0 Å². The summed E-state index contributed by atoms with van der Waals surface area (Å²) in [4.78, 5) is 2.67. The van der Waals surface area contributed by atoms with E-state index in [-0.39, 0.29) is 0 Å². The van der Waals surface area contributed by atoms with Gasteiger partial charge in [0.25, 0.3) is 0 Å². The highest BCUT2D eigenvalue weighted by molar-refractivity contribution is 4.91. The van der Waals surface area contributed by atoms with E-state index in [1.54, 1.807) is 0 Å². The SMILES string of the molecule is OCCCCCN1CCCC2CNCC21. The molecule has 0 aromatic carbocycles. The number of piperidine rings is 1. The Labute approximate surface area is 92.8 Å². The molecule has 0 aromatic rings. The molecule has 2 fully saturated rings. The fourth-order valence-corrected chi connectivity index (χ4v) is 3.04. The minimum atomic E-state index is 0.355. The normalized spacial score (nSPS) is 31.8. The molecule has 0 saturated carbocycles. The Morgan fingerprint density at radius 2 is 2.13 bits per heavy atom. The van der Waals surface area contributed by atoms with Crippen molar-refractivity contribution in [2.75, 3.05) is 32.8 Å². The van der Waals surface area contributed by atoms with E-state index in [4.69, 9.17) is 5.11 Å². The van der Waals surface area contributed by atoms with Gasteiger partial charge >= 0.3 is 0 Å². The second-order valence-corrected chi connectivity index (χ2v) is 4.95. The lowest BCUT2D eigenvalue weighted by molar-refractivity contribution is 0.122. The van der Waals surface area contributed by atoms with Crippen LogP contribution in [0.15, 0.2) is 0 Å². The number of nitrogens with one attached hydrogen (secondary N) is 1. The van der Waals surface area contributed by atoms with Gasteiger partial charge in [-0.1, -0.05) is 0 Å². The van der Waals surface area contributed by atoms with Gasteiger partial charge in [-0.15, -0.1) is 0 Å². The molecule has 2 atom stereocenters. The largest absolute Gasteiger partial charge is 0.396 e. The van der Waals surface area contributed by atoms with Crippen molar-refractivity contribution < 1.29 is 5.11 Å². The molecule has 0 aliphatic carbocycles. The second kappa shape index (κ2) is 5.83. The van der Waals surface area contributed by atoms with Gasteiger partial charge in [0.05, 0.1) is 0 Å². The van der Waals surface area contributed by atoms with Crippen LogP contribution in [0.5, 0.6) is 0 Å². The Bertz CT molecular complexity index is 186. The van der Waals surface area contributed by atoms with Crippen LogP contribution in [0.2, 0.25) is 0 Å². The number of nitrogens with zero attached hydrogens (tertiary/aromatic N) is 1. The standard InChI is InChI=1S/C12H24N2O/c15-8-3-1-2-6-14-7-4-5-11-9-13-10-12(11)14/h11-13,15H,1-10H2. The number of hydrogen-bond donors (Lipinski definition) is 2. The molecule has 2 rings (SSSR count). The van der Waals surface area contributed by atoms with Crippen molar-refractivity contribution in [2.45, 2.75) is 38.1 Å². The van der Waals surface area contributed by atoms with Crippen LogP contribution in [0.3, 0.4) is 0 Å². The zero-order valence-electron chi connectivity index (χ0n) is 9.62. The van der Waals surface area contributed by atoms with Gasteiger partial charge in [0.15, 0.2) is 0 Å². The van der Waals surface area contributed by atoms with Crippen molar-refractivity contribution in [3.05, 3.63) is 0 Å². The highest BCUT2D eigenvalue weighted by atomic mass is 16.2. The third-order valence-corrected chi connectivity index (χ3v) is 3.90. The molecule has 0 radical (unpaired) electrons. The van der Waals surface area contributed by atoms with Gasteiger partial charge in [-0.05, 0) is 57.7 Å². The maximum atomic E-state index is 8.73. The predicted molar refractivity (Wildman–Crippen MR) is 61.9 cm³/mol. The van der Waals surface area contributed by atoms with Crippen molar-refractivity contribution in [3.63, 3.8) is 0 Å². The summed E-state index contributed by atoms with van der Waals surface area (Å²) in [5, 5.41) is 12.2. The van der Waals surface area contributed by atoms with Crippen LogP contribution in [-0.2, 0) is 0 Å². The maximum absolute atomic E-state index is 8.73. The molecule has 2 unspecified atom stereocenters. The summed E-state index contributed by atoms with van der Waals surface area (Å²) in [7, 11) is 0. The van der Waals surface area contributed by atoms with Crippen molar-refractivity contribution >= 4 is 0 Å². The van der Waals surface area contributed by atoms with Gasteiger partial charge in [-0.3, -0.25) is 4.90 Å². The van der Waals surface area contributed by atoms with Gasteiger partial charge in [0.1, 0.15) is 0 Å². The van der Waals surface area contributed by atoms with Crippen LogP contribution in [0, 0.1) is 5.92 Å².